The maximum atomic E-state index is 13.5. The van der Waals surface area contributed by atoms with Crippen molar-refractivity contribution in [3.8, 4) is 0 Å². The SMILES string of the molecule is Cc1cc(C)c(C(=O)[P+](=O)c2ccccc2C(=O)c2c(C)ccc(C)c2C)c(C)c1C. The molecule has 0 aromatic heterocycles. The van der Waals surface area contributed by atoms with E-state index in [0.717, 1.165) is 38.9 Å². The molecule has 0 spiro atoms. The first-order chi connectivity index (χ1) is 14.6. The normalized spacial score (nSPS) is 11.4. The average molecular weight is 431 g/mol. The fourth-order valence-corrected chi connectivity index (χ4v) is 5.48. The summed E-state index contributed by atoms with van der Waals surface area (Å²) >= 11 is 0. The largest absolute Gasteiger partial charge is 0.459 e. The molecule has 0 bridgehead atoms. The lowest BCUT2D eigenvalue weighted by molar-refractivity contribution is 0.103. The second kappa shape index (κ2) is 8.69. The molecule has 3 nitrogen and oxygen atoms in total. The number of aryl methyl sites for hydroxylation is 4. The van der Waals surface area contributed by atoms with Gasteiger partial charge in [-0.25, -0.2) is 4.79 Å². The van der Waals surface area contributed by atoms with Gasteiger partial charge in [0.1, 0.15) is 0 Å². The Balaban J connectivity index is 2.13. The van der Waals surface area contributed by atoms with Crippen molar-refractivity contribution in [3.05, 3.63) is 98.1 Å². The molecule has 158 valence electrons. The van der Waals surface area contributed by atoms with Gasteiger partial charge in [-0.15, -0.1) is 0 Å². The molecular formula is C27H28O3P+. The average Bonchev–Trinajstić information content (AvgIpc) is 2.74. The van der Waals surface area contributed by atoms with E-state index in [1.165, 1.54) is 0 Å². The molecule has 0 radical (unpaired) electrons. The van der Waals surface area contributed by atoms with E-state index in [9.17, 15) is 14.2 Å². The van der Waals surface area contributed by atoms with E-state index in [-0.39, 0.29) is 5.78 Å². The number of carbonyl (C=O) groups is 2. The second-order valence-corrected chi connectivity index (χ2v) is 9.76. The summed E-state index contributed by atoms with van der Waals surface area (Å²) in [6.45, 7) is 13.5. The van der Waals surface area contributed by atoms with E-state index in [0.29, 0.717) is 22.0 Å². The Hall–Kier alpha value is -2.90. The van der Waals surface area contributed by atoms with Gasteiger partial charge in [-0.2, -0.15) is 0 Å². The molecule has 1 atom stereocenters. The highest BCUT2D eigenvalue weighted by atomic mass is 31.1. The summed E-state index contributed by atoms with van der Waals surface area (Å²) in [6, 6.07) is 12.6. The summed E-state index contributed by atoms with van der Waals surface area (Å²) in [5.74, 6) is -0.195. The number of carbonyl (C=O) groups excluding carboxylic acids is 2. The summed E-state index contributed by atoms with van der Waals surface area (Å²) in [6.07, 6.45) is 0. The zero-order valence-electron chi connectivity index (χ0n) is 19.2. The molecular weight excluding hydrogens is 403 g/mol. The molecule has 31 heavy (non-hydrogen) atoms. The van der Waals surface area contributed by atoms with E-state index < -0.39 is 13.3 Å². The number of benzene rings is 3. The lowest BCUT2D eigenvalue weighted by atomic mass is 9.92. The number of rotatable bonds is 5. The number of hydrogen-bond donors (Lipinski definition) is 0. The van der Waals surface area contributed by atoms with E-state index in [1.54, 1.807) is 24.3 Å². The Bertz CT molecular complexity index is 1250. The highest BCUT2D eigenvalue weighted by Gasteiger charge is 2.39. The minimum atomic E-state index is -2.45. The van der Waals surface area contributed by atoms with Gasteiger partial charge in [0.2, 0.25) is 5.30 Å². The lowest BCUT2D eigenvalue weighted by Gasteiger charge is -2.12. The molecule has 3 rings (SSSR count). The van der Waals surface area contributed by atoms with Crippen molar-refractivity contribution in [2.45, 2.75) is 48.5 Å². The van der Waals surface area contributed by atoms with Crippen molar-refractivity contribution in [1.82, 2.24) is 0 Å². The van der Waals surface area contributed by atoms with Crippen LogP contribution in [0.15, 0.2) is 42.5 Å². The van der Waals surface area contributed by atoms with Crippen molar-refractivity contribution in [3.63, 3.8) is 0 Å². The van der Waals surface area contributed by atoms with Gasteiger partial charge >= 0.3 is 13.3 Å². The van der Waals surface area contributed by atoms with Gasteiger partial charge in [-0.1, -0.05) is 34.9 Å². The summed E-state index contributed by atoms with van der Waals surface area (Å²) in [7, 11) is -2.45. The van der Waals surface area contributed by atoms with E-state index in [1.807, 2.05) is 66.7 Å². The van der Waals surface area contributed by atoms with E-state index in [4.69, 9.17) is 0 Å². The first-order valence-electron chi connectivity index (χ1n) is 10.4. The van der Waals surface area contributed by atoms with Gasteiger partial charge < -0.3 is 0 Å². The highest BCUT2D eigenvalue weighted by molar-refractivity contribution is 7.71. The Labute approximate surface area is 185 Å². The monoisotopic (exact) mass is 431 g/mol. The molecule has 0 fully saturated rings. The van der Waals surface area contributed by atoms with Gasteiger partial charge in [-0.05, 0) is 99.5 Å². The first kappa shape index (κ1) is 22.8. The van der Waals surface area contributed by atoms with E-state index >= 15 is 0 Å². The van der Waals surface area contributed by atoms with Crippen LogP contribution in [0.3, 0.4) is 0 Å². The topological polar surface area (TPSA) is 51.2 Å². The second-order valence-electron chi connectivity index (χ2n) is 8.28. The third-order valence-electron chi connectivity index (χ3n) is 6.29. The van der Waals surface area contributed by atoms with Crippen LogP contribution in [0.2, 0.25) is 0 Å². The van der Waals surface area contributed by atoms with Crippen molar-refractivity contribution in [2.24, 2.45) is 0 Å². The molecule has 1 unspecified atom stereocenters. The Morgan fingerprint density at radius 3 is 1.94 bits per heavy atom. The predicted molar refractivity (Wildman–Crippen MR) is 127 cm³/mol. The Morgan fingerprint density at radius 1 is 0.645 bits per heavy atom. The fourth-order valence-electron chi connectivity index (χ4n) is 4.10. The van der Waals surface area contributed by atoms with Crippen molar-refractivity contribution >= 4 is 24.4 Å². The first-order valence-corrected chi connectivity index (χ1v) is 11.6. The summed E-state index contributed by atoms with van der Waals surface area (Å²) in [5, 5.41) is 0.296. The molecule has 3 aromatic carbocycles. The molecule has 4 heteroatoms. The minimum absolute atomic E-state index is 0.195. The van der Waals surface area contributed by atoms with Gasteiger partial charge in [0, 0.05) is 5.56 Å². The van der Waals surface area contributed by atoms with Crippen LogP contribution in [0.1, 0.15) is 65.2 Å². The van der Waals surface area contributed by atoms with Crippen LogP contribution < -0.4 is 5.30 Å². The Morgan fingerprint density at radius 2 is 1.26 bits per heavy atom. The van der Waals surface area contributed by atoms with Crippen molar-refractivity contribution < 1.29 is 14.2 Å². The molecule has 0 aliphatic carbocycles. The number of ketones is 1. The fraction of sp³-hybridized carbons (Fsp3) is 0.259. The molecule has 0 amide bonds. The third-order valence-corrected chi connectivity index (χ3v) is 7.71. The molecule has 0 N–H and O–H groups in total. The number of hydrogen-bond acceptors (Lipinski definition) is 3. The summed E-state index contributed by atoms with van der Waals surface area (Å²) < 4.78 is 13.5. The molecule has 0 saturated heterocycles. The van der Waals surface area contributed by atoms with Crippen LogP contribution >= 0.6 is 7.80 Å². The van der Waals surface area contributed by atoms with Crippen LogP contribution in [-0.2, 0) is 4.57 Å². The maximum absolute atomic E-state index is 13.5. The van der Waals surface area contributed by atoms with Crippen LogP contribution in [0.4, 0.5) is 0 Å². The molecule has 3 aromatic rings. The van der Waals surface area contributed by atoms with Crippen molar-refractivity contribution in [2.75, 3.05) is 0 Å². The molecule has 0 saturated carbocycles. The van der Waals surface area contributed by atoms with Gasteiger partial charge in [0.15, 0.2) is 5.78 Å². The lowest BCUT2D eigenvalue weighted by Crippen LogP contribution is -2.18. The zero-order chi connectivity index (χ0) is 23.0. The highest BCUT2D eigenvalue weighted by Crippen LogP contribution is 2.34. The van der Waals surface area contributed by atoms with Crippen LogP contribution in [0.25, 0.3) is 0 Å². The summed E-state index contributed by atoms with van der Waals surface area (Å²) in [5.41, 5.74) is 7.58. The smallest absolute Gasteiger partial charge is 0.288 e. The third kappa shape index (κ3) is 4.03. The van der Waals surface area contributed by atoms with Crippen LogP contribution in [0.5, 0.6) is 0 Å². The standard InChI is InChI=1S/C27H28O3P/c1-15-12-13-16(2)24(20(15)6)26(28)22-10-8-9-11-23(22)31(30)27(29)25-18(4)14-17(3)19(5)21(25)7/h8-14H,1-7H3/q+1. The Kier molecular flexibility index (Phi) is 6.38. The summed E-state index contributed by atoms with van der Waals surface area (Å²) in [4.78, 5) is 26.9. The molecule has 0 heterocycles. The predicted octanol–water partition coefficient (Wildman–Crippen LogP) is 6.37. The van der Waals surface area contributed by atoms with Gasteiger partial charge in [-0.3, -0.25) is 4.79 Å². The van der Waals surface area contributed by atoms with Gasteiger partial charge in [0.25, 0.3) is 0 Å². The minimum Gasteiger partial charge on any atom is -0.288 e. The molecule has 0 aliphatic heterocycles. The van der Waals surface area contributed by atoms with Crippen LogP contribution in [0, 0.1) is 48.5 Å². The van der Waals surface area contributed by atoms with Crippen LogP contribution in [-0.4, -0.2) is 11.3 Å². The van der Waals surface area contributed by atoms with Crippen molar-refractivity contribution in [1.29, 1.82) is 0 Å². The maximum Gasteiger partial charge on any atom is 0.459 e. The molecule has 0 aliphatic rings. The zero-order valence-corrected chi connectivity index (χ0v) is 20.1. The quantitative estimate of drug-likeness (QED) is 0.348. The van der Waals surface area contributed by atoms with Gasteiger partial charge in [0.05, 0.1) is 11.1 Å². The van der Waals surface area contributed by atoms with E-state index in [2.05, 4.69) is 0 Å².